The van der Waals surface area contributed by atoms with E-state index in [9.17, 15) is 18.4 Å². The summed E-state index contributed by atoms with van der Waals surface area (Å²) in [5.41, 5.74) is -0.0810. The molecule has 7 heteroatoms. The van der Waals surface area contributed by atoms with Crippen molar-refractivity contribution in [2.45, 2.75) is 13.0 Å². The van der Waals surface area contributed by atoms with Crippen LogP contribution in [-0.4, -0.2) is 40.1 Å². The minimum atomic E-state index is -1.25. The lowest BCUT2D eigenvalue weighted by molar-refractivity contribution is -0.142. The van der Waals surface area contributed by atoms with Crippen LogP contribution in [0.25, 0.3) is 0 Å². The highest BCUT2D eigenvalue weighted by Crippen LogP contribution is 2.23. The summed E-state index contributed by atoms with van der Waals surface area (Å²) in [5, 5.41) is 17.4. The molecule has 1 unspecified atom stereocenters. The summed E-state index contributed by atoms with van der Waals surface area (Å²) in [5.74, 6) is -3.88. The molecule has 0 spiro atoms. The van der Waals surface area contributed by atoms with Crippen LogP contribution in [0.15, 0.2) is 18.2 Å². The van der Waals surface area contributed by atoms with Crippen LogP contribution in [0, 0.1) is 11.6 Å². The molecule has 1 aromatic rings. The number of hydrogen-bond acceptors (Lipinski definition) is 3. The molecule has 0 heterocycles. The lowest BCUT2D eigenvalue weighted by atomic mass is 10.1. The summed E-state index contributed by atoms with van der Waals surface area (Å²) in [6, 6.07) is 1.91. The van der Waals surface area contributed by atoms with Gasteiger partial charge in [0.05, 0.1) is 13.1 Å². The first-order chi connectivity index (χ1) is 8.81. The van der Waals surface area contributed by atoms with Crippen molar-refractivity contribution in [1.29, 1.82) is 0 Å². The van der Waals surface area contributed by atoms with Gasteiger partial charge < -0.3 is 10.2 Å². The van der Waals surface area contributed by atoms with Gasteiger partial charge in [-0.05, 0) is 25.1 Å². The Hall–Kier alpha value is -2.02. The average molecular weight is 273 g/mol. The molecular formula is C12H13F2NO4. The number of benzene rings is 1. The van der Waals surface area contributed by atoms with E-state index in [2.05, 4.69) is 0 Å². The first kappa shape index (κ1) is 15.0. The van der Waals surface area contributed by atoms with Gasteiger partial charge >= 0.3 is 11.9 Å². The van der Waals surface area contributed by atoms with Gasteiger partial charge in [-0.1, -0.05) is 0 Å². The zero-order valence-electron chi connectivity index (χ0n) is 10.1. The van der Waals surface area contributed by atoms with Gasteiger partial charge in [-0.25, -0.2) is 8.78 Å². The zero-order valence-corrected chi connectivity index (χ0v) is 10.1. The van der Waals surface area contributed by atoms with Gasteiger partial charge in [-0.15, -0.1) is 0 Å². The van der Waals surface area contributed by atoms with Crippen molar-refractivity contribution in [3.05, 3.63) is 35.4 Å². The van der Waals surface area contributed by atoms with Gasteiger partial charge in [0, 0.05) is 11.6 Å². The maximum absolute atomic E-state index is 13.6. The normalized spacial score (nSPS) is 12.4. The van der Waals surface area contributed by atoms with E-state index in [0.717, 1.165) is 23.1 Å². The lowest BCUT2D eigenvalue weighted by Gasteiger charge is -2.26. The van der Waals surface area contributed by atoms with Crippen LogP contribution in [-0.2, 0) is 9.59 Å². The number of aliphatic carboxylic acids is 2. The van der Waals surface area contributed by atoms with Gasteiger partial charge in [0.2, 0.25) is 0 Å². The molecule has 19 heavy (non-hydrogen) atoms. The summed E-state index contributed by atoms with van der Waals surface area (Å²) >= 11 is 0. The van der Waals surface area contributed by atoms with Crippen LogP contribution >= 0.6 is 0 Å². The first-order valence-corrected chi connectivity index (χ1v) is 5.44. The number of carbonyl (C=O) groups is 2. The van der Waals surface area contributed by atoms with E-state index in [1.165, 1.54) is 6.92 Å². The quantitative estimate of drug-likeness (QED) is 0.821. The molecule has 2 N–H and O–H groups in total. The van der Waals surface area contributed by atoms with Crippen molar-refractivity contribution >= 4 is 11.9 Å². The second-order valence-corrected chi connectivity index (χ2v) is 4.03. The highest BCUT2D eigenvalue weighted by atomic mass is 19.1. The Morgan fingerprint density at radius 3 is 2.21 bits per heavy atom. The zero-order chi connectivity index (χ0) is 14.6. The Kier molecular flexibility index (Phi) is 4.94. The molecule has 5 nitrogen and oxygen atoms in total. The Morgan fingerprint density at radius 2 is 1.74 bits per heavy atom. The second-order valence-electron chi connectivity index (χ2n) is 4.03. The van der Waals surface area contributed by atoms with Crippen LogP contribution in [0.3, 0.4) is 0 Å². The van der Waals surface area contributed by atoms with Crippen molar-refractivity contribution in [3.8, 4) is 0 Å². The third-order valence-corrected chi connectivity index (χ3v) is 2.63. The van der Waals surface area contributed by atoms with E-state index in [4.69, 9.17) is 10.2 Å². The molecule has 1 aromatic carbocycles. The minimum Gasteiger partial charge on any atom is -0.480 e. The van der Waals surface area contributed by atoms with E-state index in [1.54, 1.807) is 0 Å². The van der Waals surface area contributed by atoms with Crippen LogP contribution in [0.4, 0.5) is 8.78 Å². The van der Waals surface area contributed by atoms with Crippen molar-refractivity contribution in [3.63, 3.8) is 0 Å². The number of carboxylic acids is 2. The standard InChI is InChI=1S/C12H13F2NO4/c1-7(9-4-8(13)2-3-10(9)14)15(5-11(16)17)6-12(18)19/h2-4,7H,5-6H2,1H3,(H,16,17)(H,18,19). The van der Waals surface area contributed by atoms with Crippen molar-refractivity contribution in [2.75, 3.05) is 13.1 Å². The molecule has 0 aromatic heterocycles. The molecule has 0 aliphatic rings. The summed E-state index contributed by atoms with van der Waals surface area (Å²) in [6.07, 6.45) is 0. The fraction of sp³-hybridized carbons (Fsp3) is 0.333. The highest BCUT2D eigenvalue weighted by Gasteiger charge is 2.23. The molecule has 0 fully saturated rings. The molecule has 0 amide bonds. The number of rotatable bonds is 6. The fourth-order valence-corrected chi connectivity index (χ4v) is 1.71. The predicted octanol–water partition coefficient (Wildman–Crippen LogP) is 1.50. The van der Waals surface area contributed by atoms with E-state index < -0.39 is 42.7 Å². The molecule has 1 atom stereocenters. The Balaban J connectivity index is 3.03. The fourth-order valence-electron chi connectivity index (χ4n) is 1.71. The Morgan fingerprint density at radius 1 is 1.21 bits per heavy atom. The van der Waals surface area contributed by atoms with E-state index >= 15 is 0 Å². The number of nitrogens with zero attached hydrogens (tertiary/aromatic N) is 1. The van der Waals surface area contributed by atoms with Crippen LogP contribution < -0.4 is 0 Å². The third-order valence-electron chi connectivity index (χ3n) is 2.63. The van der Waals surface area contributed by atoms with Gasteiger partial charge in [0.15, 0.2) is 0 Å². The maximum atomic E-state index is 13.6. The average Bonchev–Trinajstić information content (AvgIpc) is 2.29. The largest absolute Gasteiger partial charge is 0.480 e. The smallest absolute Gasteiger partial charge is 0.317 e. The second kappa shape index (κ2) is 6.24. The summed E-state index contributed by atoms with van der Waals surface area (Å²) in [7, 11) is 0. The Labute approximate surface area is 108 Å². The molecule has 0 bridgehead atoms. The van der Waals surface area contributed by atoms with E-state index in [0.29, 0.717) is 0 Å². The molecule has 0 saturated heterocycles. The lowest BCUT2D eigenvalue weighted by Crippen LogP contribution is -2.36. The molecule has 0 aliphatic carbocycles. The van der Waals surface area contributed by atoms with Gasteiger partial charge in [-0.2, -0.15) is 0 Å². The number of halogens is 2. The Bertz CT molecular complexity index is 477. The van der Waals surface area contributed by atoms with E-state index in [-0.39, 0.29) is 5.56 Å². The third kappa shape index (κ3) is 4.29. The predicted molar refractivity (Wildman–Crippen MR) is 61.6 cm³/mol. The topological polar surface area (TPSA) is 77.8 Å². The molecule has 1 rings (SSSR count). The van der Waals surface area contributed by atoms with Gasteiger partial charge in [-0.3, -0.25) is 14.5 Å². The first-order valence-electron chi connectivity index (χ1n) is 5.44. The SMILES string of the molecule is CC(c1cc(F)ccc1F)N(CC(=O)O)CC(=O)O. The summed E-state index contributed by atoms with van der Waals surface area (Å²) < 4.78 is 26.6. The number of hydrogen-bond donors (Lipinski definition) is 2. The van der Waals surface area contributed by atoms with Crippen LogP contribution in [0.2, 0.25) is 0 Å². The van der Waals surface area contributed by atoms with Gasteiger partial charge in [0.25, 0.3) is 0 Å². The molecule has 0 radical (unpaired) electrons. The molecule has 0 aliphatic heterocycles. The monoisotopic (exact) mass is 273 g/mol. The van der Waals surface area contributed by atoms with Crippen LogP contribution in [0.1, 0.15) is 18.5 Å². The van der Waals surface area contributed by atoms with Crippen molar-refractivity contribution < 1.29 is 28.6 Å². The molecule has 104 valence electrons. The summed E-state index contributed by atoms with van der Waals surface area (Å²) in [4.78, 5) is 22.4. The van der Waals surface area contributed by atoms with Gasteiger partial charge in [0.1, 0.15) is 11.6 Å². The summed E-state index contributed by atoms with van der Waals surface area (Å²) in [6.45, 7) is 0.260. The highest BCUT2D eigenvalue weighted by molar-refractivity contribution is 5.72. The molecular weight excluding hydrogens is 260 g/mol. The number of carboxylic acid groups (broad SMARTS) is 2. The van der Waals surface area contributed by atoms with Crippen molar-refractivity contribution in [1.82, 2.24) is 4.90 Å². The van der Waals surface area contributed by atoms with Crippen molar-refractivity contribution in [2.24, 2.45) is 0 Å². The molecule has 0 saturated carbocycles. The minimum absolute atomic E-state index is 0.0810. The van der Waals surface area contributed by atoms with E-state index in [1.807, 2.05) is 0 Å². The maximum Gasteiger partial charge on any atom is 0.317 e. The van der Waals surface area contributed by atoms with Crippen LogP contribution in [0.5, 0.6) is 0 Å².